The van der Waals surface area contributed by atoms with E-state index in [4.69, 9.17) is 10.5 Å². The van der Waals surface area contributed by atoms with Crippen LogP contribution in [-0.2, 0) is 4.74 Å². The molecule has 0 amide bonds. The van der Waals surface area contributed by atoms with Gasteiger partial charge in [0.1, 0.15) is 0 Å². The number of nitrogens with zero attached hydrogens (tertiary/aromatic N) is 2. The highest BCUT2D eigenvalue weighted by molar-refractivity contribution is 9.10. The normalized spacial score (nSPS) is 10.0. The fourth-order valence-electron chi connectivity index (χ4n) is 1.31. The first-order chi connectivity index (χ1) is 9.10. The molecule has 0 aliphatic carbocycles. The van der Waals surface area contributed by atoms with Gasteiger partial charge in [-0.15, -0.1) is 0 Å². The van der Waals surface area contributed by atoms with Gasteiger partial charge in [0.15, 0.2) is 5.75 Å². The SMILES string of the molecule is COC(=O)c1nccc(Oc2ccc(Br)cc2N)n1. The molecule has 0 radical (unpaired) electrons. The summed E-state index contributed by atoms with van der Waals surface area (Å²) in [5.41, 5.74) is 6.25. The fraction of sp³-hybridized carbons (Fsp3) is 0.0833. The van der Waals surface area contributed by atoms with Crippen molar-refractivity contribution in [1.82, 2.24) is 9.97 Å². The summed E-state index contributed by atoms with van der Waals surface area (Å²) in [6, 6.07) is 6.71. The van der Waals surface area contributed by atoms with E-state index in [9.17, 15) is 4.79 Å². The molecule has 2 rings (SSSR count). The van der Waals surface area contributed by atoms with Gasteiger partial charge in [-0.05, 0) is 18.2 Å². The lowest BCUT2D eigenvalue weighted by atomic mass is 10.3. The summed E-state index contributed by atoms with van der Waals surface area (Å²) in [6.07, 6.45) is 1.41. The number of carbonyl (C=O) groups excluding carboxylic acids is 1. The van der Waals surface area contributed by atoms with Gasteiger partial charge in [-0.1, -0.05) is 15.9 Å². The molecule has 1 heterocycles. The minimum absolute atomic E-state index is 0.0734. The van der Waals surface area contributed by atoms with Crippen molar-refractivity contribution < 1.29 is 14.3 Å². The lowest BCUT2D eigenvalue weighted by molar-refractivity contribution is 0.0585. The molecule has 0 spiro atoms. The van der Waals surface area contributed by atoms with Gasteiger partial charge in [0.05, 0.1) is 12.8 Å². The molecule has 2 aromatic rings. The predicted octanol–water partition coefficient (Wildman–Crippen LogP) is 2.40. The number of rotatable bonds is 3. The van der Waals surface area contributed by atoms with Gasteiger partial charge >= 0.3 is 5.97 Å². The highest BCUT2D eigenvalue weighted by atomic mass is 79.9. The smallest absolute Gasteiger partial charge is 0.376 e. The summed E-state index contributed by atoms with van der Waals surface area (Å²) in [5.74, 6) is -0.0490. The summed E-state index contributed by atoms with van der Waals surface area (Å²) in [4.78, 5) is 19.0. The number of nitrogen functional groups attached to an aromatic ring is 1. The largest absolute Gasteiger partial charge is 0.463 e. The quantitative estimate of drug-likeness (QED) is 0.689. The van der Waals surface area contributed by atoms with Crippen LogP contribution < -0.4 is 10.5 Å². The van der Waals surface area contributed by atoms with Crippen LogP contribution in [0.3, 0.4) is 0 Å². The summed E-state index contributed by atoms with van der Waals surface area (Å²) in [6.45, 7) is 0. The predicted molar refractivity (Wildman–Crippen MR) is 72.0 cm³/mol. The van der Waals surface area contributed by atoms with Crippen LogP contribution in [0.4, 0.5) is 5.69 Å². The molecule has 98 valence electrons. The van der Waals surface area contributed by atoms with Crippen molar-refractivity contribution in [2.75, 3.05) is 12.8 Å². The van der Waals surface area contributed by atoms with E-state index in [1.54, 1.807) is 18.2 Å². The van der Waals surface area contributed by atoms with Crippen molar-refractivity contribution in [2.45, 2.75) is 0 Å². The van der Waals surface area contributed by atoms with E-state index in [0.717, 1.165) is 4.47 Å². The summed E-state index contributed by atoms with van der Waals surface area (Å²) >= 11 is 3.30. The molecule has 2 N–H and O–H groups in total. The molecule has 1 aromatic carbocycles. The molecular formula is C12H10BrN3O3. The lowest BCUT2D eigenvalue weighted by Gasteiger charge is -2.08. The molecule has 0 unspecified atom stereocenters. The number of carbonyl (C=O) groups is 1. The minimum atomic E-state index is -0.630. The number of hydrogen-bond donors (Lipinski definition) is 1. The second-order valence-electron chi connectivity index (χ2n) is 3.49. The number of halogens is 1. The maximum atomic E-state index is 11.3. The van der Waals surface area contributed by atoms with Crippen LogP contribution >= 0.6 is 15.9 Å². The Morgan fingerprint density at radius 3 is 2.84 bits per heavy atom. The Morgan fingerprint density at radius 2 is 2.16 bits per heavy atom. The first-order valence-electron chi connectivity index (χ1n) is 5.24. The molecule has 0 saturated carbocycles. The number of ether oxygens (including phenoxy) is 2. The molecular weight excluding hydrogens is 314 g/mol. The fourth-order valence-corrected chi connectivity index (χ4v) is 1.69. The molecule has 1 aromatic heterocycles. The molecule has 7 heteroatoms. The van der Waals surface area contributed by atoms with Gasteiger partial charge in [0.25, 0.3) is 0 Å². The molecule has 6 nitrogen and oxygen atoms in total. The zero-order chi connectivity index (χ0) is 13.8. The average Bonchev–Trinajstić information content (AvgIpc) is 2.41. The van der Waals surface area contributed by atoms with E-state index in [2.05, 4.69) is 30.6 Å². The topological polar surface area (TPSA) is 87.3 Å². The second-order valence-corrected chi connectivity index (χ2v) is 4.41. The first kappa shape index (κ1) is 13.3. The van der Waals surface area contributed by atoms with Crippen LogP contribution in [0.5, 0.6) is 11.6 Å². The van der Waals surface area contributed by atoms with E-state index in [1.807, 2.05) is 0 Å². The third-order valence-corrected chi connectivity index (χ3v) is 2.68. The van der Waals surface area contributed by atoms with Gasteiger partial charge in [-0.2, -0.15) is 4.98 Å². The van der Waals surface area contributed by atoms with Crippen molar-refractivity contribution in [1.29, 1.82) is 0 Å². The highest BCUT2D eigenvalue weighted by Gasteiger charge is 2.11. The van der Waals surface area contributed by atoms with Crippen LogP contribution in [0.15, 0.2) is 34.9 Å². The Morgan fingerprint density at radius 1 is 1.37 bits per heavy atom. The maximum absolute atomic E-state index is 11.3. The Kier molecular flexibility index (Phi) is 3.96. The number of anilines is 1. The summed E-state index contributed by atoms with van der Waals surface area (Å²) in [7, 11) is 1.26. The summed E-state index contributed by atoms with van der Waals surface area (Å²) < 4.78 is 10.9. The van der Waals surface area contributed by atoms with Crippen molar-refractivity contribution in [3.8, 4) is 11.6 Å². The zero-order valence-electron chi connectivity index (χ0n) is 9.96. The van der Waals surface area contributed by atoms with Crippen molar-refractivity contribution in [3.05, 3.63) is 40.8 Å². The Labute approximate surface area is 117 Å². The number of methoxy groups -OCH3 is 1. The summed E-state index contributed by atoms with van der Waals surface area (Å²) in [5, 5.41) is 0. The Hall–Kier alpha value is -2.15. The Balaban J connectivity index is 2.26. The molecule has 0 bridgehead atoms. The zero-order valence-corrected chi connectivity index (χ0v) is 11.5. The van der Waals surface area contributed by atoms with E-state index in [0.29, 0.717) is 11.4 Å². The first-order valence-corrected chi connectivity index (χ1v) is 6.03. The third-order valence-electron chi connectivity index (χ3n) is 2.18. The number of nitrogens with two attached hydrogens (primary N) is 1. The van der Waals surface area contributed by atoms with E-state index in [1.165, 1.54) is 19.4 Å². The van der Waals surface area contributed by atoms with Gasteiger partial charge in [-0.25, -0.2) is 9.78 Å². The van der Waals surface area contributed by atoms with Crippen molar-refractivity contribution >= 4 is 27.6 Å². The van der Waals surface area contributed by atoms with Crippen molar-refractivity contribution in [2.24, 2.45) is 0 Å². The van der Waals surface area contributed by atoms with Gasteiger partial charge < -0.3 is 15.2 Å². The van der Waals surface area contributed by atoms with Crippen LogP contribution in [0.2, 0.25) is 0 Å². The van der Waals surface area contributed by atoms with Crippen LogP contribution in [0, 0.1) is 0 Å². The average molecular weight is 324 g/mol. The minimum Gasteiger partial charge on any atom is -0.463 e. The van der Waals surface area contributed by atoms with E-state index in [-0.39, 0.29) is 11.7 Å². The number of esters is 1. The standard InChI is InChI=1S/C12H10BrN3O3/c1-18-12(17)11-15-5-4-10(16-11)19-9-3-2-7(13)6-8(9)14/h2-6H,14H2,1H3. The molecule has 0 atom stereocenters. The van der Waals surface area contributed by atoms with E-state index < -0.39 is 5.97 Å². The highest BCUT2D eigenvalue weighted by Crippen LogP contribution is 2.28. The Bertz CT molecular complexity index is 619. The molecule has 0 aliphatic rings. The molecule has 0 saturated heterocycles. The number of benzene rings is 1. The van der Waals surface area contributed by atoms with Crippen molar-refractivity contribution in [3.63, 3.8) is 0 Å². The monoisotopic (exact) mass is 323 g/mol. The van der Waals surface area contributed by atoms with Crippen LogP contribution in [0.25, 0.3) is 0 Å². The van der Waals surface area contributed by atoms with Gasteiger partial charge in [0, 0.05) is 16.7 Å². The van der Waals surface area contributed by atoms with Crippen LogP contribution in [0.1, 0.15) is 10.6 Å². The molecule has 0 aliphatic heterocycles. The molecule has 0 fully saturated rings. The van der Waals surface area contributed by atoms with E-state index >= 15 is 0 Å². The third kappa shape index (κ3) is 3.19. The van der Waals surface area contributed by atoms with Gasteiger partial charge in [-0.3, -0.25) is 0 Å². The van der Waals surface area contributed by atoms with Crippen LogP contribution in [-0.4, -0.2) is 23.0 Å². The lowest BCUT2D eigenvalue weighted by Crippen LogP contribution is -2.07. The maximum Gasteiger partial charge on any atom is 0.376 e. The second kappa shape index (κ2) is 5.66. The molecule has 19 heavy (non-hydrogen) atoms. The van der Waals surface area contributed by atoms with Gasteiger partial charge in [0.2, 0.25) is 11.7 Å². The number of aromatic nitrogens is 2. The number of hydrogen-bond acceptors (Lipinski definition) is 6.